The van der Waals surface area contributed by atoms with Gasteiger partial charge in [-0.15, -0.1) is 0 Å². The van der Waals surface area contributed by atoms with Crippen molar-refractivity contribution >= 4 is 11.8 Å². The van der Waals surface area contributed by atoms with E-state index >= 15 is 0 Å². The Morgan fingerprint density at radius 2 is 1.96 bits per heavy atom. The van der Waals surface area contributed by atoms with Crippen LogP contribution in [0, 0.1) is 11.8 Å². The van der Waals surface area contributed by atoms with Crippen LogP contribution in [0.3, 0.4) is 0 Å². The molecule has 0 radical (unpaired) electrons. The minimum Gasteiger partial charge on any atom is -0.481 e. The normalized spacial score (nSPS) is 21.7. The lowest BCUT2D eigenvalue weighted by atomic mass is 9.88. The van der Waals surface area contributed by atoms with Gasteiger partial charge in [0.15, 0.2) is 5.78 Å². The molecule has 0 fully saturated rings. The zero-order valence-electron chi connectivity index (χ0n) is 14.8. The van der Waals surface area contributed by atoms with E-state index in [1.54, 1.807) is 6.08 Å². The fourth-order valence-electron chi connectivity index (χ4n) is 3.14. The molecule has 136 valence electrons. The summed E-state index contributed by atoms with van der Waals surface area (Å²) in [6.07, 6.45) is 15.7. The third-order valence-corrected chi connectivity index (χ3v) is 4.63. The van der Waals surface area contributed by atoms with E-state index in [-0.39, 0.29) is 24.0 Å². The molecule has 24 heavy (non-hydrogen) atoms. The average molecular weight is 336 g/mol. The predicted octanol–water partition coefficient (Wildman–Crippen LogP) is 4.28. The van der Waals surface area contributed by atoms with E-state index < -0.39 is 12.1 Å². The van der Waals surface area contributed by atoms with Crippen molar-refractivity contribution in [3.8, 4) is 0 Å². The number of carboxylic acid groups (broad SMARTS) is 1. The van der Waals surface area contributed by atoms with Gasteiger partial charge in [-0.2, -0.15) is 0 Å². The second-order valence-electron chi connectivity index (χ2n) is 6.74. The number of allylic oxidation sites excluding steroid dienone is 3. The minimum absolute atomic E-state index is 0.0106. The fourth-order valence-corrected chi connectivity index (χ4v) is 3.14. The van der Waals surface area contributed by atoms with Crippen molar-refractivity contribution in [2.24, 2.45) is 11.8 Å². The second-order valence-corrected chi connectivity index (χ2v) is 6.74. The number of unbranched alkanes of at least 4 members (excludes halogenated alkanes) is 5. The molecule has 0 aromatic rings. The molecule has 1 aliphatic carbocycles. The summed E-state index contributed by atoms with van der Waals surface area (Å²) in [6, 6.07) is 0. The molecule has 0 aliphatic heterocycles. The maximum Gasteiger partial charge on any atom is 0.303 e. The first-order chi connectivity index (χ1) is 11.5. The Morgan fingerprint density at radius 3 is 2.67 bits per heavy atom. The third kappa shape index (κ3) is 8.44. The monoisotopic (exact) mass is 336 g/mol. The van der Waals surface area contributed by atoms with E-state index in [0.29, 0.717) is 6.42 Å². The number of carbonyl (C=O) groups excluding carboxylic acids is 1. The van der Waals surface area contributed by atoms with E-state index in [2.05, 4.69) is 6.92 Å². The Hall–Kier alpha value is -1.42. The molecule has 2 unspecified atom stereocenters. The molecule has 1 aliphatic rings. The SMILES string of the molecule is CCCCC[C@H](O)C=CC1C=CC(=O)C1CCCCCCC(=O)O. The lowest BCUT2D eigenvalue weighted by molar-refractivity contribution is -0.137. The van der Waals surface area contributed by atoms with Crippen molar-refractivity contribution in [3.05, 3.63) is 24.3 Å². The molecule has 0 amide bonds. The summed E-state index contributed by atoms with van der Waals surface area (Å²) in [7, 11) is 0. The lowest BCUT2D eigenvalue weighted by Crippen LogP contribution is -2.15. The lowest BCUT2D eigenvalue weighted by Gasteiger charge is -2.15. The summed E-state index contributed by atoms with van der Waals surface area (Å²) in [4.78, 5) is 22.4. The molecule has 1 rings (SSSR count). The van der Waals surface area contributed by atoms with Gasteiger partial charge in [0, 0.05) is 18.3 Å². The van der Waals surface area contributed by atoms with Gasteiger partial charge >= 0.3 is 5.97 Å². The summed E-state index contributed by atoms with van der Waals surface area (Å²) < 4.78 is 0. The van der Waals surface area contributed by atoms with Gasteiger partial charge in [0.25, 0.3) is 0 Å². The molecule has 0 saturated carbocycles. The van der Waals surface area contributed by atoms with Crippen molar-refractivity contribution in [1.82, 2.24) is 0 Å². The molecule has 0 saturated heterocycles. The maximum absolute atomic E-state index is 12.0. The molecule has 0 aromatic heterocycles. The third-order valence-electron chi connectivity index (χ3n) is 4.63. The van der Waals surface area contributed by atoms with Crippen LogP contribution in [0.4, 0.5) is 0 Å². The van der Waals surface area contributed by atoms with E-state index in [0.717, 1.165) is 51.4 Å². The highest BCUT2D eigenvalue weighted by atomic mass is 16.4. The van der Waals surface area contributed by atoms with Crippen LogP contribution >= 0.6 is 0 Å². The van der Waals surface area contributed by atoms with E-state index in [4.69, 9.17) is 5.11 Å². The van der Waals surface area contributed by atoms with Crippen LogP contribution in [0.2, 0.25) is 0 Å². The molecule has 0 aromatic carbocycles. The standard InChI is InChI=1S/C20H32O4/c1-2-3-6-9-17(21)14-12-16-13-15-19(22)18(16)10-7-4-5-8-11-20(23)24/h12-18,21H,2-11H2,1H3,(H,23,24)/t16?,17-,18?/m0/s1. The van der Waals surface area contributed by atoms with E-state index in [9.17, 15) is 14.7 Å². The number of aliphatic hydroxyl groups excluding tert-OH is 1. The molecule has 0 heterocycles. The predicted molar refractivity (Wildman–Crippen MR) is 95.8 cm³/mol. The van der Waals surface area contributed by atoms with Gasteiger partial charge in [0.1, 0.15) is 0 Å². The molecule has 3 atom stereocenters. The van der Waals surface area contributed by atoms with Crippen LogP contribution in [0.1, 0.15) is 71.1 Å². The molecule has 0 bridgehead atoms. The van der Waals surface area contributed by atoms with Crippen molar-refractivity contribution in [2.45, 2.75) is 77.2 Å². The number of aliphatic carboxylic acids is 1. The van der Waals surface area contributed by atoms with Gasteiger partial charge in [-0.05, 0) is 25.3 Å². The first kappa shape index (κ1) is 20.6. The number of rotatable bonds is 13. The van der Waals surface area contributed by atoms with Crippen molar-refractivity contribution < 1.29 is 19.8 Å². The summed E-state index contributed by atoms with van der Waals surface area (Å²) in [5.41, 5.74) is 0. The van der Waals surface area contributed by atoms with Crippen LogP contribution in [0.15, 0.2) is 24.3 Å². The maximum atomic E-state index is 12.0. The zero-order chi connectivity index (χ0) is 17.8. The van der Waals surface area contributed by atoms with Gasteiger partial charge in [-0.25, -0.2) is 0 Å². The quantitative estimate of drug-likeness (QED) is 0.389. The number of ketones is 1. The molecule has 4 heteroatoms. The van der Waals surface area contributed by atoms with Crippen LogP contribution in [0.5, 0.6) is 0 Å². The minimum atomic E-state index is -0.743. The molecule has 0 spiro atoms. The highest BCUT2D eigenvalue weighted by Crippen LogP contribution is 2.29. The van der Waals surface area contributed by atoms with Gasteiger partial charge < -0.3 is 10.2 Å². The largest absolute Gasteiger partial charge is 0.481 e. The van der Waals surface area contributed by atoms with Crippen molar-refractivity contribution in [3.63, 3.8) is 0 Å². The summed E-state index contributed by atoms with van der Waals surface area (Å²) in [5.74, 6) is -0.482. The molecular weight excluding hydrogens is 304 g/mol. The van der Waals surface area contributed by atoms with Gasteiger partial charge in [0.05, 0.1) is 6.10 Å². The van der Waals surface area contributed by atoms with E-state index in [1.165, 1.54) is 0 Å². The zero-order valence-corrected chi connectivity index (χ0v) is 14.8. The Morgan fingerprint density at radius 1 is 1.21 bits per heavy atom. The Bertz CT molecular complexity index is 439. The van der Waals surface area contributed by atoms with E-state index in [1.807, 2.05) is 18.2 Å². The highest BCUT2D eigenvalue weighted by Gasteiger charge is 2.27. The highest BCUT2D eigenvalue weighted by molar-refractivity contribution is 5.94. The molecule has 4 nitrogen and oxygen atoms in total. The Labute approximate surface area is 145 Å². The number of carbonyl (C=O) groups is 2. The summed E-state index contributed by atoms with van der Waals surface area (Å²) in [5, 5.41) is 18.6. The number of hydrogen-bond donors (Lipinski definition) is 2. The van der Waals surface area contributed by atoms with Crippen LogP contribution < -0.4 is 0 Å². The Kier molecular flexibility index (Phi) is 10.3. The smallest absolute Gasteiger partial charge is 0.303 e. The first-order valence-electron chi connectivity index (χ1n) is 9.34. The number of aliphatic hydroxyl groups is 1. The van der Waals surface area contributed by atoms with Crippen LogP contribution in [0.25, 0.3) is 0 Å². The molecular formula is C20H32O4. The van der Waals surface area contributed by atoms with Crippen molar-refractivity contribution in [2.75, 3.05) is 0 Å². The second kappa shape index (κ2) is 12.0. The summed E-state index contributed by atoms with van der Waals surface area (Å²) >= 11 is 0. The van der Waals surface area contributed by atoms with Gasteiger partial charge in [-0.1, -0.05) is 63.7 Å². The molecule has 2 N–H and O–H groups in total. The average Bonchev–Trinajstić information content (AvgIpc) is 2.89. The fraction of sp³-hybridized carbons (Fsp3) is 0.700. The topological polar surface area (TPSA) is 74.6 Å². The van der Waals surface area contributed by atoms with Gasteiger partial charge in [0.2, 0.25) is 0 Å². The number of hydrogen-bond acceptors (Lipinski definition) is 3. The van der Waals surface area contributed by atoms with Crippen LogP contribution in [-0.4, -0.2) is 28.1 Å². The summed E-state index contributed by atoms with van der Waals surface area (Å²) in [6.45, 7) is 2.14. The van der Waals surface area contributed by atoms with Gasteiger partial charge in [-0.3, -0.25) is 9.59 Å². The first-order valence-corrected chi connectivity index (χ1v) is 9.34. The Balaban J connectivity index is 2.29. The van der Waals surface area contributed by atoms with Crippen LogP contribution in [-0.2, 0) is 9.59 Å². The number of carboxylic acids is 1. The van der Waals surface area contributed by atoms with Crippen molar-refractivity contribution in [1.29, 1.82) is 0 Å².